The molecule has 6 nitrogen and oxygen atoms in total. The van der Waals surface area contributed by atoms with Crippen LogP contribution < -0.4 is 5.32 Å². The number of pyridine rings is 1. The molecular formula is C27H31N3O3. The summed E-state index contributed by atoms with van der Waals surface area (Å²) in [6.07, 6.45) is 8.28. The van der Waals surface area contributed by atoms with Gasteiger partial charge in [0.1, 0.15) is 17.2 Å². The molecule has 1 aromatic carbocycles. The molecule has 6 heteroatoms. The smallest absolute Gasteiger partial charge is 0.246 e. The summed E-state index contributed by atoms with van der Waals surface area (Å²) in [7, 11) is 1.76. The highest BCUT2D eigenvalue weighted by molar-refractivity contribution is 5.98. The van der Waals surface area contributed by atoms with Crippen molar-refractivity contribution in [2.75, 3.05) is 12.4 Å². The predicted octanol–water partition coefficient (Wildman–Crippen LogP) is 5.50. The van der Waals surface area contributed by atoms with Crippen molar-refractivity contribution < 1.29 is 14.0 Å². The lowest BCUT2D eigenvalue weighted by Gasteiger charge is -2.35. The van der Waals surface area contributed by atoms with Gasteiger partial charge in [0.25, 0.3) is 0 Å². The van der Waals surface area contributed by atoms with Crippen LogP contribution in [0.3, 0.4) is 0 Å². The molecule has 2 aromatic heterocycles. The molecule has 3 aromatic rings. The van der Waals surface area contributed by atoms with Gasteiger partial charge in [-0.1, -0.05) is 38.5 Å². The van der Waals surface area contributed by atoms with Crippen molar-refractivity contribution in [3.63, 3.8) is 0 Å². The number of anilines is 1. The first kappa shape index (κ1) is 22.8. The number of aromatic nitrogens is 1. The molecule has 2 amide bonds. The zero-order valence-corrected chi connectivity index (χ0v) is 19.8. The average Bonchev–Trinajstić information content (AvgIpc) is 3.13. The lowest BCUT2D eigenvalue weighted by atomic mass is 9.73. The highest BCUT2D eigenvalue weighted by atomic mass is 16.3. The van der Waals surface area contributed by atoms with E-state index in [2.05, 4.69) is 24.1 Å². The van der Waals surface area contributed by atoms with Crippen molar-refractivity contribution in [3.8, 4) is 0 Å². The third kappa shape index (κ3) is 4.42. The van der Waals surface area contributed by atoms with Crippen LogP contribution in [0.15, 0.2) is 47.0 Å². The van der Waals surface area contributed by atoms with Crippen molar-refractivity contribution in [1.29, 1.82) is 0 Å². The number of aryl methyl sites for hydroxylation is 1. The number of furan rings is 1. The van der Waals surface area contributed by atoms with E-state index in [0.717, 1.165) is 52.7 Å². The molecule has 0 spiro atoms. The fourth-order valence-corrected chi connectivity index (χ4v) is 4.66. The number of para-hydroxylation sites is 1. The monoisotopic (exact) mass is 445 g/mol. The van der Waals surface area contributed by atoms with Crippen molar-refractivity contribution in [1.82, 2.24) is 9.88 Å². The van der Waals surface area contributed by atoms with E-state index in [4.69, 9.17) is 4.42 Å². The van der Waals surface area contributed by atoms with E-state index in [1.165, 1.54) is 0 Å². The summed E-state index contributed by atoms with van der Waals surface area (Å²) in [5, 5.41) is 4.05. The number of benzene rings is 1. The summed E-state index contributed by atoms with van der Waals surface area (Å²) in [5.41, 5.74) is 3.37. The quantitative estimate of drug-likeness (QED) is 0.487. The Kier molecular flexibility index (Phi) is 6.36. The number of rotatable bonds is 7. The van der Waals surface area contributed by atoms with Crippen LogP contribution in [0.1, 0.15) is 55.6 Å². The summed E-state index contributed by atoms with van der Waals surface area (Å²) >= 11 is 0. The molecule has 0 radical (unpaired) electrons. The van der Waals surface area contributed by atoms with E-state index in [9.17, 15) is 9.59 Å². The molecule has 1 aliphatic heterocycles. The van der Waals surface area contributed by atoms with Crippen molar-refractivity contribution in [3.05, 3.63) is 65.1 Å². The van der Waals surface area contributed by atoms with Crippen LogP contribution in [0.2, 0.25) is 0 Å². The molecular weight excluding hydrogens is 414 g/mol. The number of carbonyl (C=O) groups is 2. The Bertz CT molecular complexity index is 1230. The Balaban J connectivity index is 1.47. The summed E-state index contributed by atoms with van der Waals surface area (Å²) in [5.74, 6) is 1.36. The molecule has 1 atom stereocenters. The third-order valence-electron chi connectivity index (χ3n) is 6.75. The minimum absolute atomic E-state index is 0.0628. The number of nitrogens with zero attached hydrogens (tertiary/aromatic N) is 2. The highest BCUT2D eigenvalue weighted by Crippen LogP contribution is 2.39. The molecule has 0 saturated heterocycles. The van der Waals surface area contributed by atoms with Gasteiger partial charge >= 0.3 is 0 Å². The highest BCUT2D eigenvalue weighted by Gasteiger charge is 2.40. The van der Waals surface area contributed by atoms with Crippen LogP contribution >= 0.6 is 0 Å². The molecule has 0 saturated carbocycles. The maximum atomic E-state index is 12.7. The van der Waals surface area contributed by atoms with Crippen LogP contribution in [0, 0.1) is 12.3 Å². The lowest BCUT2D eigenvalue weighted by molar-refractivity contribution is -0.127. The molecule has 4 rings (SSSR count). The normalized spacial score (nSPS) is 17.9. The van der Waals surface area contributed by atoms with Gasteiger partial charge in [0.15, 0.2) is 0 Å². The molecule has 1 N–H and O–H groups in total. The Labute approximate surface area is 194 Å². The number of likely N-dealkylation sites (N-methyl/N-ethyl adjacent to an activating group) is 1. The Hall–Kier alpha value is -3.41. The van der Waals surface area contributed by atoms with Crippen molar-refractivity contribution >= 4 is 34.7 Å². The van der Waals surface area contributed by atoms with Crippen LogP contribution in [-0.4, -0.2) is 28.7 Å². The van der Waals surface area contributed by atoms with Crippen LogP contribution in [0.25, 0.3) is 17.0 Å². The Morgan fingerprint density at radius 2 is 2.09 bits per heavy atom. The van der Waals surface area contributed by atoms with Crippen LogP contribution in [0.4, 0.5) is 5.82 Å². The van der Waals surface area contributed by atoms with Gasteiger partial charge in [-0.05, 0) is 55.5 Å². The summed E-state index contributed by atoms with van der Waals surface area (Å²) in [6, 6.07) is 9.91. The maximum absolute atomic E-state index is 12.7. The standard InChI is InChI=1S/C27H31N3O3/c1-5-13-27(6-2)15-20-14-19(16-28-25(20)29-26(27)32)11-12-24(31)30(4)17-23-18(3)21-9-7-8-10-22(21)33-23/h7-12,14,16H,5-6,13,15,17H2,1-4H3,(H,28,29,32)/b12-11+. The summed E-state index contributed by atoms with van der Waals surface area (Å²) < 4.78 is 5.94. The SMILES string of the molecule is CCCC1(CC)Cc2cc(/C=C/C(=O)N(C)Cc3oc4ccccc4c3C)cnc2NC1=O. The molecule has 0 aliphatic carbocycles. The maximum Gasteiger partial charge on any atom is 0.246 e. The minimum atomic E-state index is -0.383. The van der Waals surface area contributed by atoms with Gasteiger partial charge in [-0.2, -0.15) is 0 Å². The molecule has 172 valence electrons. The van der Waals surface area contributed by atoms with Crippen molar-refractivity contribution in [2.24, 2.45) is 5.41 Å². The van der Waals surface area contributed by atoms with E-state index in [1.54, 1.807) is 30.3 Å². The zero-order chi connectivity index (χ0) is 23.6. The molecule has 3 heterocycles. The summed E-state index contributed by atoms with van der Waals surface area (Å²) in [6.45, 7) is 6.58. The number of fused-ring (bicyclic) bond motifs is 2. The third-order valence-corrected chi connectivity index (χ3v) is 6.75. The molecule has 0 fully saturated rings. The summed E-state index contributed by atoms with van der Waals surface area (Å²) in [4.78, 5) is 31.5. The first-order valence-electron chi connectivity index (χ1n) is 11.6. The van der Waals surface area contributed by atoms with E-state index in [-0.39, 0.29) is 17.2 Å². The minimum Gasteiger partial charge on any atom is -0.459 e. The molecule has 1 aliphatic rings. The number of hydrogen-bond acceptors (Lipinski definition) is 4. The van der Waals surface area contributed by atoms with Gasteiger partial charge < -0.3 is 14.6 Å². The second-order valence-electron chi connectivity index (χ2n) is 8.97. The predicted molar refractivity (Wildman–Crippen MR) is 131 cm³/mol. The fourth-order valence-electron chi connectivity index (χ4n) is 4.66. The average molecular weight is 446 g/mol. The first-order valence-corrected chi connectivity index (χ1v) is 11.6. The second-order valence-corrected chi connectivity index (χ2v) is 8.97. The number of hydrogen-bond donors (Lipinski definition) is 1. The van der Waals surface area contributed by atoms with E-state index in [1.807, 2.05) is 37.3 Å². The Morgan fingerprint density at radius 1 is 1.30 bits per heavy atom. The van der Waals surface area contributed by atoms with E-state index in [0.29, 0.717) is 18.8 Å². The number of amides is 2. The molecule has 33 heavy (non-hydrogen) atoms. The van der Waals surface area contributed by atoms with E-state index >= 15 is 0 Å². The first-order chi connectivity index (χ1) is 15.9. The van der Waals surface area contributed by atoms with Crippen LogP contribution in [-0.2, 0) is 22.6 Å². The van der Waals surface area contributed by atoms with Crippen molar-refractivity contribution in [2.45, 2.75) is 53.0 Å². The topological polar surface area (TPSA) is 75.4 Å². The van der Waals surface area contributed by atoms with Gasteiger partial charge in [-0.3, -0.25) is 9.59 Å². The fraction of sp³-hybridized carbons (Fsp3) is 0.370. The van der Waals surface area contributed by atoms with E-state index < -0.39 is 0 Å². The molecule has 0 bridgehead atoms. The van der Waals surface area contributed by atoms with Crippen LogP contribution in [0.5, 0.6) is 0 Å². The lowest BCUT2D eigenvalue weighted by Crippen LogP contribution is -2.41. The van der Waals surface area contributed by atoms with Gasteiger partial charge in [0.05, 0.1) is 12.0 Å². The Morgan fingerprint density at radius 3 is 2.82 bits per heavy atom. The number of carbonyl (C=O) groups excluding carboxylic acids is 2. The van der Waals surface area contributed by atoms with Gasteiger partial charge in [-0.15, -0.1) is 0 Å². The zero-order valence-electron chi connectivity index (χ0n) is 19.8. The largest absolute Gasteiger partial charge is 0.459 e. The van der Waals surface area contributed by atoms with Gasteiger partial charge in [-0.25, -0.2) is 4.98 Å². The number of nitrogens with one attached hydrogen (secondary N) is 1. The second kappa shape index (κ2) is 9.22. The van der Waals surface area contributed by atoms with Gasteiger partial charge in [0, 0.05) is 30.3 Å². The molecule has 1 unspecified atom stereocenters. The van der Waals surface area contributed by atoms with Gasteiger partial charge in [0.2, 0.25) is 11.8 Å².